The van der Waals surface area contributed by atoms with Crippen LogP contribution >= 0.6 is 0 Å². The van der Waals surface area contributed by atoms with Crippen LogP contribution in [0.2, 0.25) is 0 Å². The molecular formula is C18H23NO. The van der Waals surface area contributed by atoms with Crippen LogP contribution in [0.3, 0.4) is 0 Å². The van der Waals surface area contributed by atoms with Gasteiger partial charge in [0.1, 0.15) is 5.75 Å². The summed E-state index contributed by atoms with van der Waals surface area (Å²) in [4.78, 5) is 0. The molecule has 0 fully saturated rings. The molecule has 0 radical (unpaired) electrons. The van der Waals surface area contributed by atoms with Gasteiger partial charge in [0.25, 0.3) is 0 Å². The fourth-order valence-electron chi connectivity index (χ4n) is 2.38. The van der Waals surface area contributed by atoms with Crippen molar-refractivity contribution in [2.24, 2.45) is 0 Å². The van der Waals surface area contributed by atoms with Gasteiger partial charge in [0.05, 0.1) is 6.61 Å². The summed E-state index contributed by atoms with van der Waals surface area (Å²) >= 11 is 0. The number of para-hydroxylation sites is 1. The number of anilines is 1. The summed E-state index contributed by atoms with van der Waals surface area (Å²) in [6.07, 6.45) is 1.04. The first kappa shape index (κ1) is 14.4. The summed E-state index contributed by atoms with van der Waals surface area (Å²) < 4.78 is 5.54. The van der Waals surface area contributed by atoms with Gasteiger partial charge in [-0.05, 0) is 49.1 Å². The van der Waals surface area contributed by atoms with Crippen LogP contribution in [0.5, 0.6) is 5.75 Å². The summed E-state index contributed by atoms with van der Waals surface area (Å²) in [5.41, 5.74) is 5.16. The Balaban J connectivity index is 2.10. The van der Waals surface area contributed by atoms with E-state index < -0.39 is 0 Å². The van der Waals surface area contributed by atoms with Crippen molar-refractivity contribution in [3.63, 3.8) is 0 Å². The van der Waals surface area contributed by atoms with Crippen molar-refractivity contribution in [1.29, 1.82) is 0 Å². The second-order valence-corrected chi connectivity index (χ2v) is 4.90. The fraction of sp³-hybridized carbons (Fsp3) is 0.333. The van der Waals surface area contributed by atoms with E-state index in [-0.39, 0.29) is 0 Å². The van der Waals surface area contributed by atoms with Crippen molar-refractivity contribution >= 4 is 5.69 Å². The molecule has 106 valence electrons. The van der Waals surface area contributed by atoms with E-state index >= 15 is 0 Å². The van der Waals surface area contributed by atoms with Crippen LogP contribution < -0.4 is 10.1 Å². The van der Waals surface area contributed by atoms with Crippen molar-refractivity contribution in [1.82, 2.24) is 0 Å². The Labute approximate surface area is 121 Å². The lowest BCUT2D eigenvalue weighted by molar-refractivity contribution is 0.340. The predicted octanol–water partition coefficient (Wildman–Crippen LogP) is 4.57. The van der Waals surface area contributed by atoms with E-state index in [0.29, 0.717) is 6.61 Å². The largest absolute Gasteiger partial charge is 0.494 e. The van der Waals surface area contributed by atoms with Gasteiger partial charge in [0.2, 0.25) is 0 Å². The number of aryl methyl sites for hydroxylation is 2. The van der Waals surface area contributed by atoms with Crippen molar-refractivity contribution in [3.8, 4) is 5.75 Å². The second-order valence-electron chi connectivity index (χ2n) is 4.90. The molecule has 2 heteroatoms. The lowest BCUT2D eigenvalue weighted by Crippen LogP contribution is -2.04. The first-order chi connectivity index (χ1) is 9.74. The van der Waals surface area contributed by atoms with E-state index in [9.17, 15) is 0 Å². The molecular weight excluding hydrogens is 246 g/mol. The van der Waals surface area contributed by atoms with Crippen LogP contribution in [0.25, 0.3) is 0 Å². The highest BCUT2D eigenvalue weighted by atomic mass is 16.5. The van der Waals surface area contributed by atoms with Gasteiger partial charge < -0.3 is 10.1 Å². The average molecular weight is 269 g/mol. The number of nitrogens with one attached hydrogen (secondary N) is 1. The van der Waals surface area contributed by atoms with Crippen molar-refractivity contribution in [2.45, 2.75) is 33.7 Å². The minimum atomic E-state index is 0.703. The third-order valence-electron chi connectivity index (χ3n) is 3.42. The molecule has 0 aliphatic heterocycles. The number of hydrogen-bond donors (Lipinski definition) is 1. The van der Waals surface area contributed by atoms with E-state index in [1.165, 1.54) is 22.4 Å². The number of rotatable bonds is 6. The molecule has 0 aliphatic carbocycles. The van der Waals surface area contributed by atoms with Crippen LogP contribution in [0.15, 0.2) is 42.5 Å². The summed E-state index contributed by atoms with van der Waals surface area (Å²) in [5.74, 6) is 0.937. The van der Waals surface area contributed by atoms with Crippen molar-refractivity contribution < 1.29 is 4.74 Å². The molecule has 0 aliphatic rings. The highest BCUT2D eigenvalue weighted by molar-refractivity contribution is 5.57. The monoisotopic (exact) mass is 269 g/mol. The van der Waals surface area contributed by atoms with Crippen LogP contribution in [0, 0.1) is 6.92 Å². The zero-order valence-corrected chi connectivity index (χ0v) is 12.6. The van der Waals surface area contributed by atoms with E-state index in [2.05, 4.69) is 49.5 Å². The molecule has 0 atom stereocenters. The molecule has 0 saturated heterocycles. The second kappa shape index (κ2) is 6.99. The Morgan fingerprint density at radius 1 is 1.05 bits per heavy atom. The fourth-order valence-corrected chi connectivity index (χ4v) is 2.38. The average Bonchev–Trinajstić information content (AvgIpc) is 2.46. The summed E-state index contributed by atoms with van der Waals surface area (Å²) in [6.45, 7) is 7.87. The van der Waals surface area contributed by atoms with Crippen LogP contribution in [0.4, 0.5) is 5.69 Å². The molecule has 2 aromatic carbocycles. The minimum Gasteiger partial charge on any atom is -0.494 e. The number of benzene rings is 2. The van der Waals surface area contributed by atoms with E-state index in [0.717, 1.165) is 18.7 Å². The van der Waals surface area contributed by atoms with Crippen molar-refractivity contribution in [3.05, 3.63) is 59.2 Å². The quantitative estimate of drug-likeness (QED) is 0.829. The Morgan fingerprint density at radius 3 is 2.60 bits per heavy atom. The maximum atomic E-state index is 5.54. The third kappa shape index (κ3) is 3.53. The molecule has 0 aromatic heterocycles. The van der Waals surface area contributed by atoms with Gasteiger partial charge in [0, 0.05) is 12.2 Å². The SMILES string of the molecule is CCOc1cccc(CNc2c(C)cccc2CC)c1. The molecule has 0 bridgehead atoms. The highest BCUT2D eigenvalue weighted by Gasteiger charge is 2.04. The predicted molar refractivity (Wildman–Crippen MR) is 85.5 cm³/mol. The zero-order chi connectivity index (χ0) is 14.4. The Bertz CT molecular complexity index is 563. The van der Waals surface area contributed by atoms with E-state index in [1.807, 2.05) is 19.1 Å². The van der Waals surface area contributed by atoms with Crippen LogP contribution in [0.1, 0.15) is 30.5 Å². The summed E-state index contributed by atoms with van der Waals surface area (Å²) in [6, 6.07) is 14.7. The van der Waals surface area contributed by atoms with E-state index in [4.69, 9.17) is 4.74 Å². The van der Waals surface area contributed by atoms with Gasteiger partial charge in [0.15, 0.2) is 0 Å². The van der Waals surface area contributed by atoms with Crippen LogP contribution in [-0.4, -0.2) is 6.61 Å². The molecule has 1 N–H and O–H groups in total. The molecule has 0 saturated carbocycles. The third-order valence-corrected chi connectivity index (χ3v) is 3.42. The molecule has 0 heterocycles. The normalized spacial score (nSPS) is 10.3. The lowest BCUT2D eigenvalue weighted by Gasteiger charge is -2.14. The number of ether oxygens (including phenoxy) is 1. The minimum absolute atomic E-state index is 0.703. The first-order valence-corrected chi connectivity index (χ1v) is 7.28. The first-order valence-electron chi connectivity index (χ1n) is 7.28. The van der Waals surface area contributed by atoms with Gasteiger partial charge in [-0.15, -0.1) is 0 Å². The van der Waals surface area contributed by atoms with Gasteiger partial charge in [-0.25, -0.2) is 0 Å². The molecule has 0 unspecified atom stereocenters. The van der Waals surface area contributed by atoms with Gasteiger partial charge in [-0.1, -0.05) is 37.3 Å². The molecule has 2 rings (SSSR count). The van der Waals surface area contributed by atoms with Crippen LogP contribution in [-0.2, 0) is 13.0 Å². The van der Waals surface area contributed by atoms with Gasteiger partial charge >= 0.3 is 0 Å². The topological polar surface area (TPSA) is 21.3 Å². The smallest absolute Gasteiger partial charge is 0.119 e. The molecule has 20 heavy (non-hydrogen) atoms. The molecule has 0 spiro atoms. The Hall–Kier alpha value is -1.96. The highest BCUT2D eigenvalue weighted by Crippen LogP contribution is 2.22. The maximum absolute atomic E-state index is 5.54. The molecule has 0 amide bonds. The van der Waals surface area contributed by atoms with Gasteiger partial charge in [-0.2, -0.15) is 0 Å². The summed E-state index contributed by atoms with van der Waals surface area (Å²) in [7, 11) is 0. The van der Waals surface area contributed by atoms with Crippen molar-refractivity contribution in [2.75, 3.05) is 11.9 Å². The molecule has 2 nitrogen and oxygen atoms in total. The summed E-state index contributed by atoms with van der Waals surface area (Å²) in [5, 5.41) is 3.56. The maximum Gasteiger partial charge on any atom is 0.119 e. The Kier molecular flexibility index (Phi) is 5.05. The zero-order valence-electron chi connectivity index (χ0n) is 12.6. The number of hydrogen-bond acceptors (Lipinski definition) is 2. The van der Waals surface area contributed by atoms with E-state index in [1.54, 1.807) is 0 Å². The Morgan fingerprint density at radius 2 is 1.85 bits per heavy atom. The lowest BCUT2D eigenvalue weighted by atomic mass is 10.1. The standard InChI is InChI=1S/C18H23NO/c1-4-16-10-6-8-14(3)18(16)19-13-15-9-7-11-17(12-15)20-5-2/h6-12,19H,4-5,13H2,1-3H3. The molecule has 2 aromatic rings. The van der Waals surface area contributed by atoms with Gasteiger partial charge in [-0.3, -0.25) is 0 Å².